The fraction of sp³-hybridized carbons (Fsp3) is 0.826. The number of hydrogen-bond acceptors (Lipinski definition) is 8. The Labute approximate surface area is 191 Å². The first-order valence-corrected chi connectivity index (χ1v) is 10.8. The lowest BCUT2D eigenvalue weighted by Gasteiger charge is -2.26. The summed E-state index contributed by atoms with van der Waals surface area (Å²) in [7, 11) is 1.25. The van der Waals surface area contributed by atoms with E-state index in [2.05, 4.69) is 5.32 Å². The van der Waals surface area contributed by atoms with Crippen LogP contribution in [0.1, 0.15) is 81.6 Å². The molecule has 0 saturated carbocycles. The zero-order valence-electron chi connectivity index (χ0n) is 21.2. The van der Waals surface area contributed by atoms with Gasteiger partial charge in [-0.1, -0.05) is 0 Å². The minimum atomic E-state index is -1.07. The van der Waals surface area contributed by atoms with E-state index in [1.165, 1.54) is 7.11 Å². The van der Waals surface area contributed by atoms with Crippen LogP contribution in [-0.4, -0.2) is 60.4 Å². The van der Waals surface area contributed by atoms with Crippen LogP contribution in [-0.2, 0) is 33.3 Å². The van der Waals surface area contributed by atoms with Crippen LogP contribution < -0.4 is 5.32 Å². The molecule has 1 amide bonds. The molecule has 0 aromatic heterocycles. The molecular weight excluding hydrogens is 418 g/mol. The van der Waals surface area contributed by atoms with Gasteiger partial charge in [0.05, 0.1) is 25.2 Å². The summed E-state index contributed by atoms with van der Waals surface area (Å²) in [6.45, 7) is 15.8. The average Bonchev–Trinajstić information content (AvgIpc) is 2.57. The van der Waals surface area contributed by atoms with Gasteiger partial charge in [0.2, 0.25) is 0 Å². The van der Waals surface area contributed by atoms with Crippen molar-refractivity contribution in [1.29, 1.82) is 0 Å². The van der Waals surface area contributed by atoms with Gasteiger partial charge in [-0.05, 0) is 68.7 Å². The molecule has 0 unspecified atom stereocenters. The fourth-order valence-electron chi connectivity index (χ4n) is 2.48. The summed E-state index contributed by atoms with van der Waals surface area (Å²) in [5, 5.41) is 2.48. The Kier molecular flexibility index (Phi) is 11.4. The van der Waals surface area contributed by atoms with Crippen LogP contribution >= 0.6 is 0 Å². The van der Waals surface area contributed by atoms with Gasteiger partial charge in [-0.25, -0.2) is 9.59 Å². The van der Waals surface area contributed by atoms with Crippen LogP contribution in [0, 0.1) is 5.92 Å². The van der Waals surface area contributed by atoms with Gasteiger partial charge < -0.3 is 24.3 Å². The lowest BCUT2D eigenvalue weighted by molar-refractivity contribution is -0.158. The molecule has 0 rings (SSSR count). The van der Waals surface area contributed by atoms with Crippen molar-refractivity contribution in [3.05, 3.63) is 0 Å². The summed E-state index contributed by atoms with van der Waals surface area (Å²) < 4.78 is 21.0. The van der Waals surface area contributed by atoms with Crippen LogP contribution in [0.3, 0.4) is 0 Å². The second kappa shape index (κ2) is 12.2. The van der Waals surface area contributed by atoms with Gasteiger partial charge in [-0.3, -0.25) is 9.59 Å². The highest BCUT2D eigenvalue weighted by molar-refractivity contribution is 5.86. The molecule has 0 bridgehead atoms. The summed E-state index contributed by atoms with van der Waals surface area (Å²) in [5.41, 5.74) is -2.00. The summed E-state index contributed by atoms with van der Waals surface area (Å²) in [6, 6.07) is -1.07. The molecule has 9 heteroatoms. The lowest BCUT2D eigenvalue weighted by Crippen LogP contribution is -2.46. The maximum absolute atomic E-state index is 12.6. The number of ether oxygens (including phenoxy) is 4. The van der Waals surface area contributed by atoms with E-state index in [-0.39, 0.29) is 31.7 Å². The van der Waals surface area contributed by atoms with Crippen molar-refractivity contribution < 1.29 is 38.1 Å². The summed E-state index contributed by atoms with van der Waals surface area (Å²) >= 11 is 0. The van der Waals surface area contributed by atoms with E-state index in [0.717, 1.165) is 0 Å². The minimum absolute atomic E-state index is 0.00100. The second-order valence-corrected chi connectivity index (χ2v) is 10.7. The smallest absolute Gasteiger partial charge is 0.408 e. The third-order valence-corrected chi connectivity index (χ3v) is 3.82. The number of ketones is 1. The van der Waals surface area contributed by atoms with Crippen molar-refractivity contribution in [2.75, 3.05) is 13.7 Å². The summed E-state index contributed by atoms with van der Waals surface area (Å²) in [4.78, 5) is 49.3. The summed E-state index contributed by atoms with van der Waals surface area (Å²) in [6.07, 6.45) is -0.938. The molecule has 0 aliphatic carbocycles. The Balaban J connectivity index is 5.17. The number of amides is 1. The molecule has 9 nitrogen and oxygen atoms in total. The Morgan fingerprint density at radius 3 is 1.75 bits per heavy atom. The van der Waals surface area contributed by atoms with Crippen LogP contribution in [0.15, 0.2) is 0 Å². The van der Waals surface area contributed by atoms with Gasteiger partial charge in [0.1, 0.15) is 23.0 Å². The van der Waals surface area contributed by atoms with Gasteiger partial charge in [0.15, 0.2) is 0 Å². The molecule has 1 N–H and O–H groups in total. The number of methoxy groups -OCH3 is 1. The first-order valence-electron chi connectivity index (χ1n) is 10.8. The van der Waals surface area contributed by atoms with Gasteiger partial charge in [-0.15, -0.1) is 0 Å². The third-order valence-electron chi connectivity index (χ3n) is 3.82. The van der Waals surface area contributed by atoms with Gasteiger partial charge in [0, 0.05) is 12.8 Å². The molecule has 2 atom stereocenters. The molecule has 0 aliphatic heterocycles. The van der Waals surface area contributed by atoms with Gasteiger partial charge in [-0.2, -0.15) is 0 Å². The zero-order chi connectivity index (χ0) is 25.3. The van der Waals surface area contributed by atoms with Crippen molar-refractivity contribution in [1.82, 2.24) is 5.32 Å². The molecule has 32 heavy (non-hydrogen) atoms. The normalized spacial score (nSPS) is 14.2. The molecule has 0 heterocycles. The monoisotopic (exact) mass is 459 g/mol. The van der Waals surface area contributed by atoms with Crippen LogP contribution in [0.4, 0.5) is 4.79 Å². The van der Waals surface area contributed by atoms with Crippen molar-refractivity contribution in [3.8, 4) is 0 Å². The third kappa shape index (κ3) is 14.8. The maximum Gasteiger partial charge on any atom is 0.408 e. The van der Waals surface area contributed by atoms with Gasteiger partial charge in [0.25, 0.3) is 0 Å². The van der Waals surface area contributed by atoms with Crippen LogP contribution in [0.2, 0.25) is 0 Å². The largest absolute Gasteiger partial charge is 0.469 e. The zero-order valence-corrected chi connectivity index (χ0v) is 21.2. The number of rotatable bonds is 10. The van der Waals surface area contributed by atoms with E-state index in [4.69, 9.17) is 18.9 Å². The molecule has 0 aromatic rings. The van der Waals surface area contributed by atoms with Gasteiger partial charge >= 0.3 is 18.0 Å². The lowest BCUT2D eigenvalue weighted by atomic mass is 9.98. The highest BCUT2D eigenvalue weighted by Crippen LogP contribution is 2.17. The molecule has 0 aromatic carbocycles. The minimum Gasteiger partial charge on any atom is -0.469 e. The highest BCUT2D eigenvalue weighted by atomic mass is 16.6. The SMILES string of the molecule is COC(=O)[C@H](COC(C)(C)C)CC(=O)CC[C@H](NC(=O)OC(C)(C)C)C(=O)OC(C)(C)C. The Bertz CT molecular complexity index is 652. The van der Waals surface area contributed by atoms with Crippen molar-refractivity contribution in [2.24, 2.45) is 5.92 Å². The number of alkyl carbamates (subject to hydrolysis) is 1. The van der Waals surface area contributed by atoms with E-state index in [1.54, 1.807) is 41.5 Å². The molecule has 0 spiro atoms. The van der Waals surface area contributed by atoms with E-state index < -0.39 is 46.8 Å². The maximum atomic E-state index is 12.6. The van der Waals surface area contributed by atoms with Crippen molar-refractivity contribution in [3.63, 3.8) is 0 Å². The molecule has 0 radical (unpaired) electrons. The van der Waals surface area contributed by atoms with E-state index >= 15 is 0 Å². The first-order chi connectivity index (χ1) is 14.3. The number of carbonyl (C=O) groups excluding carboxylic acids is 4. The second-order valence-electron chi connectivity index (χ2n) is 10.7. The predicted molar refractivity (Wildman–Crippen MR) is 119 cm³/mol. The quantitative estimate of drug-likeness (QED) is 0.389. The predicted octanol–water partition coefficient (Wildman–Crippen LogP) is 3.57. The molecule has 0 aliphatic rings. The Morgan fingerprint density at radius 1 is 0.781 bits per heavy atom. The first kappa shape index (κ1) is 29.8. The van der Waals surface area contributed by atoms with Crippen molar-refractivity contribution in [2.45, 2.75) is 104 Å². The number of Topliss-reactive ketones (excluding diaryl/α,β-unsaturated/α-hetero) is 1. The summed E-state index contributed by atoms with van der Waals surface area (Å²) in [5.74, 6) is -2.24. The number of esters is 2. The number of nitrogens with one attached hydrogen (secondary N) is 1. The number of hydrogen-bond donors (Lipinski definition) is 1. The van der Waals surface area contributed by atoms with E-state index in [1.807, 2.05) is 20.8 Å². The molecule has 186 valence electrons. The van der Waals surface area contributed by atoms with Crippen LogP contribution in [0.5, 0.6) is 0 Å². The average molecular weight is 460 g/mol. The molecule has 0 saturated heterocycles. The topological polar surface area (TPSA) is 117 Å². The molecular formula is C23H41NO8. The highest BCUT2D eigenvalue weighted by Gasteiger charge is 2.30. The van der Waals surface area contributed by atoms with Crippen molar-refractivity contribution >= 4 is 23.8 Å². The fourth-order valence-corrected chi connectivity index (χ4v) is 2.48. The Hall–Kier alpha value is -2.16. The van der Waals surface area contributed by atoms with E-state index in [9.17, 15) is 19.2 Å². The molecule has 0 fully saturated rings. The van der Waals surface area contributed by atoms with Crippen LogP contribution in [0.25, 0.3) is 0 Å². The number of carbonyl (C=O) groups is 4. The Morgan fingerprint density at radius 2 is 1.31 bits per heavy atom. The standard InChI is InChI=1S/C23H41NO8/c1-21(2,3)30-14-15(18(26)29-10)13-16(25)11-12-17(19(27)31-22(4,5)6)24-20(28)32-23(7,8)9/h15,17H,11-14H2,1-10H3,(H,24,28)/t15-,17-/m0/s1. The van der Waals surface area contributed by atoms with E-state index in [0.29, 0.717) is 0 Å².